The molecule has 0 aliphatic carbocycles. The summed E-state index contributed by atoms with van der Waals surface area (Å²) >= 11 is 0. The minimum atomic E-state index is 0.0208. The lowest BCUT2D eigenvalue weighted by Gasteiger charge is -2.14. The lowest BCUT2D eigenvalue weighted by atomic mass is 10.1. The van der Waals surface area contributed by atoms with E-state index < -0.39 is 0 Å². The molecule has 0 spiro atoms. The van der Waals surface area contributed by atoms with Crippen LogP contribution in [0.5, 0.6) is 0 Å². The second-order valence-corrected chi connectivity index (χ2v) is 5.97. The van der Waals surface area contributed by atoms with E-state index in [1.54, 1.807) is 6.33 Å². The van der Waals surface area contributed by atoms with Crippen LogP contribution in [0.1, 0.15) is 31.4 Å². The van der Waals surface area contributed by atoms with E-state index in [1.165, 1.54) is 0 Å². The Hall–Kier alpha value is -2.95. The third-order valence-corrected chi connectivity index (χ3v) is 4.09. The van der Waals surface area contributed by atoms with Crippen LogP contribution in [0.3, 0.4) is 0 Å². The molecule has 2 N–H and O–H groups in total. The second-order valence-electron chi connectivity index (χ2n) is 5.97. The number of aromatic nitrogens is 2. The monoisotopic (exact) mass is 334 g/mol. The van der Waals surface area contributed by atoms with E-state index in [9.17, 15) is 4.79 Å². The van der Waals surface area contributed by atoms with Crippen LogP contribution in [0.15, 0.2) is 60.9 Å². The van der Waals surface area contributed by atoms with E-state index in [-0.39, 0.29) is 11.9 Å². The fourth-order valence-electron chi connectivity index (χ4n) is 2.74. The zero-order valence-corrected chi connectivity index (χ0v) is 14.3. The topological polar surface area (TPSA) is 66.9 Å². The first-order chi connectivity index (χ1) is 12.2. The maximum Gasteiger partial charge on any atom is 0.220 e. The van der Waals surface area contributed by atoms with Gasteiger partial charge in [-0.3, -0.25) is 4.79 Å². The molecular formula is C20H22N4O. The lowest BCUT2D eigenvalue weighted by Crippen LogP contribution is -2.26. The molecule has 0 fully saturated rings. The Morgan fingerprint density at radius 2 is 1.80 bits per heavy atom. The van der Waals surface area contributed by atoms with Gasteiger partial charge in [-0.05, 0) is 31.0 Å². The maximum atomic E-state index is 12.1. The fraction of sp³-hybridized carbons (Fsp3) is 0.250. The standard InChI is InChI=1S/C20H22N4O/c1-15(16-8-3-2-4-9-16)24-19(25)12-7-13-21-20-17-10-5-6-11-18(17)22-14-23-20/h2-6,8-11,14-15H,7,12-13H2,1H3,(H,24,25)(H,21,22,23). The zero-order chi connectivity index (χ0) is 17.5. The molecule has 0 radical (unpaired) electrons. The molecule has 0 saturated heterocycles. The van der Waals surface area contributed by atoms with Gasteiger partial charge in [0.1, 0.15) is 12.1 Å². The van der Waals surface area contributed by atoms with Gasteiger partial charge in [-0.1, -0.05) is 42.5 Å². The van der Waals surface area contributed by atoms with E-state index in [0.29, 0.717) is 13.0 Å². The molecule has 0 bridgehead atoms. The summed E-state index contributed by atoms with van der Waals surface area (Å²) < 4.78 is 0. The number of anilines is 1. The Morgan fingerprint density at radius 1 is 1.04 bits per heavy atom. The van der Waals surface area contributed by atoms with E-state index in [4.69, 9.17) is 0 Å². The average Bonchev–Trinajstić information content (AvgIpc) is 2.66. The molecule has 3 aromatic rings. The molecule has 2 aromatic carbocycles. The summed E-state index contributed by atoms with van der Waals surface area (Å²) in [6, 6.07) is 17.9. The summed E-state index contributed by atoms with van der Waals surface area (Å²) in [4.78, 5) is 20.6. The van der Waals surface area contributed by atoms with E-state index in [1.807, 2.05) is 61.5 Å². The Labute approximate surface area is 147 Å². The van der Waals surface area contributed by atoms with Gasteiger partial charge in [-0.25, -0.2) is 9.97 Å². The Bertz CT molecular complexity index is 830. The van der Waals surface area contributed by atoms with Crippen molar-refractivity contribution >= 4 is 22.6 Å². The summed E-state index contributed by atoms with van der Waals surface area (Å²) in [7, 11) is 0. The molecule has 1 unspecified atom stereocenters. The van der Waals surface area contributed by atoms with Crippen molar-refractivity contribution in [2.24, 2.45) is 0 Å². The van der Waals surface area contributed by atoms with Gasteiger partial charge in [0.2, 0.25) is 5.91 Å². The Balaban J connectivity index is 1.46. The minimum Gasteiger partial charge on any atom is -0.369 e. The molecule has 1 aromatic heterocycles. The first kappa shape index (κ1) is 16.9. The Morgan fingerprint density at radius 3 is 2.64 bits per heavy atom. The molecule has 0 aliphatic heterocycles. The van der Waals surface area contributed by atoms with Gasteiger partial charge >= 0.3 is 0 Å². The molecule has 128 valence electrons. The van der Waals surface area contributed by atoms with Gasteiger partial charge in [-0.15, -0.1) is 0 Å². The van der Waals surface area contributed by atoms with Crippen LogP contribution in [0, 0.1) is 0 Å². The molecule has 25 heavy (non-hydrogen) atoms. The van der Waals surface area contributed by atoms with Gasteiger partial charge in [0.25, 0.3) is 0 Å². The second kappa shape index (κ2) is 8.24. The van der Waals surface area contributed by atoms with Crippen molar-refractivity contribution < 1.29 is 4.79 Å². The number of fused-ring (bicyclic) bond motifs is 1. The molecular weight excluding hydrogens is 312 g/mol. The Kier molecular flexibility index (Phi) is 5.57. The summed E-state index contributed by atoms with van der Waals surface area (Å²) in [6.07, 6.45) is 2.78. The molecule has 1 atom stereocenters. The molecule has 3 rings (SSSR count). The van der Waals surface area contributed by atoms with Crippen LogP contribution < -0.4 is 10.6 Å². The number of hydrogen-bond donors (Lipinski definition) is 2. The SMILES string of the molecule is CC(NC(=O)CCCNc1ncnc2ccccc12)c1ccccc1. The summed E-state index contributed by atoms with van der Waals surface area (Å²) in [5.74, 6) is 0.870. The number of nitrogens with one attached hydrogen (secondary N) is 2. The van der Waals surface area contributed by atoms with E-state index in [2.05, 4.69) is 20.6 Å². The van der Waals surface area contributed by atoms with Crippen LogP contribution in [0.2, 0.25) is 0 Å². The van der Waals surface area contributed by atoms with Crippen molar-refractivity contribution in [1.29, 1.82) is 0 Å². The van der Waals surface area contributed by atoms with E-state index >= 15 is 0 Å². The number of amides is 1. The molecule has 1 heterocycles. The van der Waals surface area contributed by atoms with Crippen molar-refractivity contribution in [3.05, 3.63) is 66.5 Å². The third kappa shape index (κ3) is 4.53. The molecule has 5 heteroatoms. The number of carbonyl (C=O) groups is 1. The number of benzene rings is 2. The number of para-hydroxylation sites is 1. The van der Waals surface area contributed by atoms with Gasteiger partial charge < -0.3 is 10.6 Å². The number of carbonyl (C=O) groups excluding carboxylic acids is 1. The normalized spacial score (nSPS) is 11.9. The number of rotatable bonds is 7. The highest BCUT2D eigenvalue weighted by atomic mass is 16.1. The number of nitrogens with zero attached hydrogens (tertiary/aromatic N) is 2. The summed E-state index contributed by atoms with van der Waals surface area (Å²) in [5, 5.41) is 7.32. The van der Waals surface area contributed by atoms with Crippen LogP contribution in [0.4, 0.5) is 5.82 Å². The van der Waals surface area contributed by atoms with Crippen molar-refractivity contribution in [1.82, 2.24) is 15.3 Å². The highest BCUT2D eigenvalue weighted by molar-refractivity contribution is 5.88. The van der Waals surface area contributed by atoms with Gasteiger partial charge in [-0.2, -0.15) is 0 Å². The van der Waals surface area contributed by atoms with Crippen molar-refractivity contribution in [3.63, 3.8) is 0 Å². The van der Waals surface area contributed by atoms with Crippen LogP contribution in [-0.4, -0.2) is 22.4 Å². The maximum absolute atomic E-state index is 12.1. The van der Waals surface area contributed by atoms with Crippen molar-refractivity contribution in [3.8, 4) is 0 Å². The average molecular weight is 334 g/mol. The highest BCUT2D eigenvalue weighted by Gasteiger charge is 2.09. The lowest BCUT2D eigenvalue weighted by molar-refractivity contribution is -0.121. The molecule has 0 aliphatic rings. The first-order valence-corrected chi connectivity index (χ1v) is 8.52. The van der Waals surface area contributed by atoms with Crippen LogP contribution in [-0.2, 0) is 4.79 Å². The number of hydrogen-bond acceptors (Lipinski definition) is 4. The van der Waals surface area contributed by atoms with Crippen molar-refractivity contribution in [2.45, 2.75) is 25.8 Å². The summed E-state index contributed by atoms with van der Waals surface area (Å²) in [5.41, 5.74) is 2.02. The summed E-state index contributed by atoms with van der Waals surface area (Å²) in [6.45, 7) is 2.69. The quantitative estimate of drug-likeness (QED) is 0.647. The zero-order valence-electron chi connectivity index (χ0n) is 14.3. The smallest absolute Gasteiger partial charge is 0.220 e. The largest absolute Gasteiger partial charge is 0.369 e. The molecule has 1 amide bonds. The molecule has 0 saturated carbocycles. The van der Waals surface area contributed by atoms with Gasteiger partial charge in [0.15, 0.2) is 0 Å². The fourth-order valence-corrected chi connectivity index (χ4v) is 2.74. The van der Waals surface area contributed by atoms with Gasteiger partial charge in [0, 0.05) is 18.4 Å². The third-order valence-electron chi connectivity index (χ3n) is 4.09. The van der Waals surface area contributed by atoms with Crippen LogP contribution >= 0.6 is 0 Å². The van der Waals surface area contributed by atoms with E-state index in [0.717, 1.165) is 28.7 Å². The van der Waals surface area contributed by atoms with Crippen molar-refractivity contribution in [2.75, 3.05) is 11.9 Å². The molecule has 5 nitrogen and oxygen atoms in total. The minimum absolute atomic E-state index is 0.0208. The predicted molar refractivity (Wildman–Crippen MR) is 100 cm³/mol. The van der Waals surface area contributed by atoms with Gasteiger partial charge in [0.05, 0.1) is 11.6 Å². The predicted octanol–water partition coefficient (Wildman–Crippen LogP) is 3.70. The highest BCUT2D eigenvalue weighted by Crippen LogP contribution is 2.18. The first-order valence-electron chi connectivity index (χ1n) is 8.52. The van der Waals surface area contributed by atoms with Crippen LogP contribution in [0.25, 0.3) is 10.9 Å².